The number of amides is 2. The molecule has 0 saturated carbocycles. The Hall–Kier alpha value is -4.65. The maximum Gasteiger partial charge on any atom is 0.414 e. The van der Waals surface area contributed by atoms with E-state index in [2.05, 4.69) is 15.6 Å². The van der Waals surface area contributed by atoms with E-state index in [1.807, 2.05) is 108 Å². The molecule has 7 nitrogen and oxygen atoms in total. The van der Waals surface area contributed by atoms with Crippen molar-refractivity contribution >= 4 is 18.0 Å². The summed E-state index contributed by atoms with van der Waals surface area (Å²) >= 11 is 0. The van der Waals surface area contributed by atoms with E-state index in [0.717, 1.165) is 28.1 Å². The third-order valence-corrected chi connectivity index (χ3v) is 5.81. The van der Waals surface area contributed by atoms with Gasteiger partial charge in [-0.1, -0.05) is 91.0 Å². The SMILES string of the molecule is CC(C)(C)OC(=O)NC(=NCCc1ccccc1)NC(=O)Cn1c(-c2ccccc2)ccc1-c1ccccc1. The number of nitrogens with one attached hydrogen (secondary N) is 2. The molecule has 0 aliphatic carbocycles. The van der Waals surface area contributed by atoms with Crippen LogP contribution in [0.2, 0.25) is 0 Å². The number of hydrogen-bond donors (Lipinski definition) is 2. The quantitative estimate of drug-likeness (QED) is 0.229. The Morgan fingerprint density at radius 1 is 0.744 bits per heavy atom. The number of aliphatic imine (C=N–C) groups is 1. The normalized spacial score (nSPS) is 11.6. The van der Waals surface area contributed by atoms with Crippen molar-refractivity contribution in [3.8, 4) is 22.5 Å². The molecular weight excluding hydrogens is 488 g/mol. The Kier molecular flexibility index (Phi) is 8.94. The van der Waals surface area contributed by atoms with E-state index in [1.165, 1.54) is 0 Å². The lowest BCUT2D eigenvalue weighted by atomic mass is 10.1. The number of guanidine groups is 1. The minimum Gasteiger partial charge on any atom is -0.444 e. The molecule has 0 bridgehead atoms. The molecule has 2 N–H and O–H groups in total. The number of carbonyl (C=O) groups excluding carboxylic acids is 2. The van der Waals surface area contributed by atoms with Crippen LogP contribution < -0.4 is 10.6 Å². The van der Waals surface area contributed by atoms with Crippen LogP contribution in [0.5, 0.6) is 0 Å². The van der Waals surface area contributed by atoms with Gasteiger partial charge in [0, 0.05) is 17.9 Å². The Morgan fingerprint density at radius 2 is 1.26 bits per heavy atom. The standard InChI is InChI=1S/C32H34N4O3/c1-32(2,3)39-31(38)35-30(33-22-21-24-13-7-4-8-14-24)34-29(37)23-36-27(25-15-9-5-10-16-25)19-20-28(36)26-17-11-6-12-18-26/h4-20H,21-23H2,1-3H3,(H2,33,34,35,37,38). The van der Waals surface area contributed by atoms with Crippen LogP contribution in [0.1, 0.15) is 26.3 Å². The van der Waals surface area contributed by atoms with Crippen molar-refractivity contribution in [3.05, 3.63) is 109 Å². The zero-order chi connectivity index (χ0) is 27.7. The van der Waals surface area contributed by atoms with Gasteiger partial charge >= 0.3 is 6.09 Å². The van der Waals surface area contributed by atoms with Crippen LogP contribution in [0.25, 0.3) is 22.5 Å². The van der Waals surface area contributed by atoms with Gasteiger partial charge in [-0.3, -0.25) is 20.4 Å². The first kappa shape index (κ1) is 27.4. The van der Waals surface area contributed by atoms with Crippen molar-refractivity contribution in [1.82, 2.24) is 15.2 Å². The molecule has 0 spiro atoms. The molecular formula is C32H34N4O3. The van der Waals surface area contributed by atoms with E-state index in [0.29, 0.717) is 13.0 Å². The molecule has 2 amide bonds. The number of carbonyl (C=O) groups is 2. The van der Waals surface area contributed by atoms with Gasteiger partial charge in [-0.25, -0.2) is 4.79 Å². The predicted octanol–water partition coefficient (Wildman–Crippen LogP) is 6.06. The van der Waals surface area contributed by atoms with Gasteiger partial charge in [0.1, 0.15) is 12.1 Å². The maximum atomic E-state index is 13.4. The van der Waals surface area contributed by atoms with Crippen LogP contribution in [0, 0.1) is 0 Å². The molecule has 39 heavy (non-hydrogen) atoms. The van der Waals surface area contributed by atoms with Gasteiger partial charge < -0.3 is 9.30 Å². The summed E-state index contributed by atoms with van der Waals surface area (Å²) in [5.41, 5.74) is 4.23. The molecule has 0 saturated heterocycles. The van der Waals surface area contributed by atoms with E-state index in [-0.39, 0.29) is 18.4 Å². The highest BCUT2D eigenvalue weighted by atomic mass is 16.6. The highest BCUT2D eigenvalue weighted by Gasteiger charge is 2.20. The van der Waals surface area contributed by atoms with Gasteiger partial charge in [0.25, 0.3) is 0 Å². The van der Waals surface area contributed by atoms with Crippen LogP contribution in [0.15, 0.2) is 108 Å². The molecule has 0 radical (unpaired) electrons. The molecule has 1 aromatic heterocycles. The van der Waals surface area contributed by atoms with Gasteiger partial charge in [0.05, 0.1) is 0 Å². The summed E-state index contributed by atoms with van der Waals surface area (Å²) < 4.78 is 7.35. The molecule has 0 atom stereocenters. The number of benzene rings is 3. The van der Waals surface area contributed by atoms with E-state index >= 15 is 0 Å². The van der Waals surface area contributed by atoms with E-state index in [1.54, 1.807) is 20.8 Å². The molecule has 200 valence electrons. The molecule has 0 aliphatic heterocycles. The highest BCUT2D eigenvalue weighted by Crippen LogP contribution is 2.29. The number of rotatable bonds is 7. The van der Waals surface area contributed by atoms with Crippen molar-refractivity contribution in [2.24, 2.45) is 4.99 Å². The molecule has 3 aromatic carbocycles. The van der Waals surface area contributed by atoms with Gasteiger partial charge in [-0.15, -0.1) is 0 Å². The van der Waals surface area contributed by atoms with Gasteiger partial charge in [-0.05, 0) is 56.0 Å². The second-order valence-electron chi connectivity index (χ2n) is 10.1. The predicted molar refractivity (Wildman–Crippen MR) is 155 cm³/mol. The first-order valence-electron chi connectivity index (χ1n) is 13.0. The molecule has 4 rings (SSSR count). The average molecular weight is 523 g/mol. The Bertz CT molecular complexity index is 1350. The van der Waals surface area contributed by atoms with Crippen LogP contribution in [0.4, 0.5) is 4.79 Å². The Labute approximate surface area is 229 Å². The number of hydrogen-bond acceptors (Lipinski definition) is 4. The topological polar surface area (TPSA) is 84.7 Å². The maximum absolute atomic E-state index is 13.4. The van der Waals surface area contributed by atoms with E-state index < -0.39 is 11.7 Å². The fraction of sp³-hybridized carbons (Fsp3) is 0.219. The number of aromatic nitrogens is 1. The molecule has 7 heteroatoms. The summed E-state index contributed by atoms with van der Waals surface area (Å²) in [6.45, 7) is 5.73. The summed E-state index contributed by atoms with van der Waals surface area (Å²) in [7, 11) is 0. The van der Waals surface area contributed by atoms with Gasteiger partial charge in [0.15, 0.2) is 0 Å². The fourth-order valence-electron chi connectivity index (χ4n) is 4.13. The second kappa shape index (κ2) is 12.7. The summed E-state index contributed by atoms with van der Waals surface area (Å²) in [5.74, 6) is -0.269. The van der Waals surface area contributed by atoms with Crippen LogP contribution in [0.3, 0.4) is 0 Å². The summed E-state index contributed by atoms with van der Waals surface area (Å²) in [6.07, 6.45) is -0.0263. The summed E-state index contributed by atoms with van der Waals surface area (Å²) in [5, 5.41) is 5.40. The van der Waals surface area contributed by atoms with Gasteiger partial charge in [-0.2, -0.15) is 0 Å². The van der Waals surface area contributed by atoms with Crippen molar-refractivity contribution in [1.29, 1.82) is 0 Å². The molecule has 1 heterocycles. The van der Waals surface area contributed by atoms with Crippen molar-refractivity contribution in [3.63, 3.8) is 0 Å². The van der Waals surface area contributed by atoms with Crippen LogP contribution >= 0.6 is 0 Å². The minimum absolute atomic E-state index is 0.0230. The fourth-order valence-corrected chi connectivity index (χ4v) is 4.13. The van der Waals surface area contributed by atoms with Crippen LogP contribution in [-0.4, -0.2) is 34.7 Å². The lowest BCUT2D eigenvalue weighted by Gasteiger charge is -2.20. The highest BCUT2D eigenvalue weighted by molar-refractivity contribution is 6.03. The lowest BCUT2D eigenvalue weighted by molar-refractivity contribution is -0.120. The van der Waals surface area contributed by atoms with Crippen molar-refractivity contribution in [2.75, 3.05) is 6.54 Å². The minimum atomic E-state index is -0.691. The summed E-state index contributed by atoms with van der Waals surface area (Å²) in [4.78, 5) is 30.4. The smallest absolute Gasteiger partial charge is 0.414 e. The third-order valence-electron chi connectivity index (χ3n) is 5.81. The Morgan fingerprint density at radius 3 is 1.77 bits per heavy atom. The van der Waals surface area contributed by atoms with Crippen molar-refractivity contribution < 1.29 is 14.3 Å². The van der Waals surface area contributed by atoms with E-state index in [9.17, 15) is 9.59 Å². The molecule has 0 unspecified atom stereocenters. The van der Waals surface area contributed by atoms with Gasteiger partial charge in [0.2, 0.25) is 11.9 Å². The number of alkyl carbamates (subject to hydrolysis) is 1. The largest absolute Gasteiger partial charge is 0.444 e. The second-order valence-corrected chi connectivity index (χ2v) is 10.1. The first-order valence-corrected chi connectivity index (χ1v) is 13.0. The molecule has 0 aliphatic rings. The zero-order valence-electron chi connectivity index (χ0n) is 22.6. The lowest BCUT2D eigenvalue weighted by Crippen LogP contribution is -2.46. The first-order chi connectivity index (χ1) is 18.8. The molecule has 0 fully saturated rings. The van der Waals surface area contributed by atoms with Crippen molar-refractivity contribution in [2.45, 2.75) is 39.3 Å². The number of nitrogens with zero attached hydrogens (tertiary/aromatic N) is 2. The van der Waals surface area contributed by atoms with E-state index in [4.69, 9.17) is 4.74 Å². The van der Waals surface area contributed by atoms with Crippen LogP contribution in [-0.2, 0) is 22.5 Å². The molecule has 4 aromatic rings. The average Bonchev–Trinajstić information content (AvgIpc) is 3.32. The Balaban J connectivity index is 1.56. The summed E-state index contributed by atoms with van der Waals surface area (Å²) in [6, 6.07) is 33.8. The zero-order valence-corrected chi connectivity index (χ0v) is 22.6. The monoisotopic (exact) mass is 522 g/mol. The third kappa shape index (κ3) is 8.17. The number of ether oxygens (including phenoxy) is 1.